The molecule has 0 saturated carbocycles. The van der Waals surface area contributed by atoms with E-state index in [1.807, 2.05) is 12.1 Å². The molecule has 2 aromatic carbocycles. The van der Waals surface area contributed by atoms with E-state index >= 15 is 0 Å². The van der Waals surface area contributed by atoms with E-state index < -0.39 is 5.97 Å². The molecule has 2 aromatic rings. The molecule has 0 bridgehead atoms. The standard InChI is InChI=1S/C15H13BrClNO3/c1-20-15(19)9-3-5-13(18)14(6-9)21-8-10-2-4-11(16)7-12(10)17/h2-7H,8,18H2,1H3. The zero-order valence-corrected chi connectivity index (χ0v) is 13.6. The molecule has 0 aromatic heterocycles. The third kappa shape index (κ3) is 3.89. The molecule has 0 unspecified atom stereocenters. The molecule has 0 heterocycles. The van der Waals surface area contributed by atoms with Crippen LogP contribution >= 0.6 is 27.5 Å². The number of ether oxygens (including phenoxy) is 2. The summed E-state index contributed by atoms with van der Waals surface area (Å²) in [5.74, 6) is -0.0293. The minimum atomic E-state index is -0.443. The van der Waals surface area contributed by atoms with Gasteiger partial charge in [-0.2, -0.15) is 0 Å². The number of methoxy groups -OCH3 is 1. The van der Waals surface area contributed by atoms with Gasteiger partial charge >= 0.3 is 5.97 Å². The Labute approximate surface area is 135 Å². The quantitative estimate of drug-likeness (QED) is 0.651. The molecule has 4 nitrogen and oxygen atoms in total. The molecule has 0 aliphatic rings. The topological polar surface area (TPSA) is 61.5 Å². The molecule has 0 radical (unpaired) electrons. The highest BCUT2D eigenvalue weighted by atomic mass is 79.9. The second-order valence-electron chi connectivity index (χ2n) is 4.27. The van der Waals surface area contributed by atoms with Crippen LogP contribution in [-0.4, -0.2) is 13.1 Å². The van der Waals surface area contributed by atoms with Gasteiger partial charge in [-0.3, -0.25) is 0 Å². The normalized spacial score (nSPS) is 10.2. The van der Waals surface area contributed by atoms with Gasteiger partial charge in [-0.15, -0.1) is 0 Å². The summed E-state index contributed by atoms with van der Waals surface area (Å²) in [6, 6.07) is 10.2. The van der Waals surface area contributed by atoms with E-state index in [1.165, 1.54) is 7.11 Å². The maximum Gasteiger partial charge on any atom is 0.337 e. The Morgan fingerprint density at radius 1 is 1.29 bits per heavy atom. The van der Waals surface area contributed by atoms with Gasteiger partial charge in [0.25, 0.3) is 0 Å². The molecular formula is C15H13BrClNO3. The van der Waals surface area contributed by atoms with Crippen molar-refractivity contribution in [2.75, 3.05) is 12.8 Å². The number of esters is 1. The monoisotopic (exact) mass is 369 g/mol. The zero-order valence-electron chi connectivity index (χ0n) is 11.2. The van der Waals surface area contributed by atoms with Gasteiger partial charge < -0.3 is 15.2 Å². The van der Waals surface area contributed by atoms with Crippen molar-refractivity contribution in [2.24, 2.45) is 0 Å². The van der Waals surface area contributed by atoms with Crippen molar-refractivity contribution in [1.82, 2.24) is 0 Å². The first-order valence-electron chi connectivity index (χ1n) is 6.06. The highest BCUT2D eigenvalue weighted by Gasteiger charge is 2.10. The van der Waals surface area contributed by atoms with Crippen molar-refractivity contribution in [3.63, 3.8) is 0 Å². The second kappa shape index (κ2) is 6.83. The van der Waals surface area contributed by atoms with E-state index in [4.69, 9.17) is 22.1 Å². The van der Waals surface area contributed by atoms with Crippen LogP contribution in [-0.2, 0) is 11.3 Å². The van der Waals surface area contributed by atoms with Gasteiger partial charge in [0.2, 0.25) is 0 Å². The molecule has 6 heteroatoms. The van der Waals surface area contributed by atoms with Crippen LogP contribution in [0.25, 0.3) is 0 Å². The van der Waals surface area contributed by atoms with Gasteiger partial charge in [0, 0.05) is 15.1 Å². The molecule has 0 aliphatic heterocycles. The summed E-state index contributed by atoms with van der Waals surface area (Å²) in [5.41, 5.74) is 7.48. The lowest BCUT2D eigenvalue weighted by atomic mass is 10.2. The van der Waals surface area contributed by atoms with Crippen LogP contribution in [0.5, 0.6) is 5.75 Å². The zero-order chi connectivity index (χ0) is 15.4. The molecule has 21 heavy (non-hydrogen) atoms. The van der Waals surface area contributed by atoms with E-state index in [2.05, 4.69) is 20.7 Å². The summed E-state index contributed by atoms with van der Waals surface area (Å²) in [7, 11) is 1.32. The van der Waals surface area contributed by atoms with Crippen LogP contribution in [0.15, 0.2) is 40.9 Å². The third-order valence-corrected chi connectivity index (χ3v) is 3.68. The summed E-state index contributed by atoms with van der Waals surface area (Å²) in [4.78, 5) is 11.5. The number of carbonyl (C=O) groups is 1. The van der Waals surface area contributed by atoms with E-state index in [9.17, 15) is 4.79 Å². The average molecular weight is 371 g/mol. The molecule has 0 saturated heterocycles. The van der Waals surface area contributed by atoms with Gasteiger partial charge in [0.1, 0.15) is 12.4 Å². The van der Waals surface area contributed by atoms with Gasteiger partial charge in [-0.05, 0) is 30.3 Å². The van der Waals surface area contributed by atoms with Crippen LogP contribution in [0.1, 0.15) is 15.9 Å². The number of nitrogens with two attached hydrogens (primary N) is 1. The van der Waals surface area contributed by atoms with Gasteiger partial charge in [0.05, 0.1) is 18.4 Å². The van der Waals surface area contributed by atoms with Gasteiger partial charge in [-0.1, -0.05) is 33.6 Å². The maximum absolute atomic E-state index is 11.5. The van der Waals surface area contributed by atoms with E-state index in [1.54, 1.807) is 24.3 Å². The van der Waals surface area contributed by atoms with Crippen LogP contribution in [0.2, 0.25) is 5.02 Å². The molecule has 0 atom stereocenters. The number of hydrogen-bond donors (Lipinski definition) is 1. The molecule has 0 amide bonds. The van der Waals surface area contributed by atoms with Crippen LogP contribution < -0.4 is 10.5 Å². The first kappa shape index (κ1) is 15.7. The Morgan fingerprint density at radius 2 is 2.05 bits per heavy atom. The number of carbonyl (C=O) groups excluding carboxylic acids is 1. The molecule has 0 spiro atoms. The fraction of sp³-hybridized carbons (Fsp3) is 0.133. The molecule has 0 aliphatic carbocycles. The van der Waals surface area contributed by atoms with Crippen molar-refractivity contribution in [2.45, 2.75) is 6.61 Å². The predicted octanol–water partition coefficient (Wildman–Crippen LogP) is 4.05. The van der Waals surface area contributed by atoms with Crippen LogP contribution in [0.3, 0.4) is 0 Å². The lowest BCUT2D eigenvalue weighted by Gasteiger charge is -2.11. The van der Waals surface area contributed by atoms with E-state index in [0.717, 1.165) is 10.0 Å². The number of rotatable bonds is 4. The molecular weight excluding hydrogens is 358 g/mol. The Hall–Kier alpha value is -1.72. The predicted molar refractivity (Wildman–Crippen MR) is 85.7 cm³/mol. The van der Waals surface area contributed by atoms with Crippen molar-refractivity contribution in [1.29, 1.82) is 0 Å². The number of halogens is 2. The fourth-order valence-electron chi connectivity index (χ4n) is 1.70. The van der Waals surface area contributed by atoms with Crippen molar-refractivity contribution < 1.29 is 14.3 Å². The van der Waals surface area contributed by atoms with Crippen molar-refractivity contribution in [3.8, 4) is 5.75 Å². The van der Waals surface area contributed by atoms with Gasteiger partial charge in [-0.25, -0.2) is 4.79 Å². The summed E-state index contributed by atoms with van der Waals surface area (Å²) in [5, 5.41) is 0.590. The summed E-state index contributed by atoms with van der Waals surface area (Å²) in [6.45, 7) is 0.251. The number of benzene rings is 2. The number of nitrogen functional groups attached to an aromatic ring is 1. The SMILES string of the molecule is COC(=O)c1ccc(N)c(OCc2ccc(Br)cc2Cl)c1. The fourth-order valence-corrected chi connectivity index (χ4v) is 2.43. The molecule has 110 valence electrons. The van der Waals surface area contributed by atoms with Crippen LogP contribution in [0.4, 0.5) is 5.69 Å². The van der Waals surface area contributed by atoms with Crippen LogP contribution in [0, 0.1) is 0 Å². The molecule has 0 fully saturated rings. The highest BCUT2D eigenvalue weighted by Crippen LogP contribution is 2.27. The van der Waals surface area contributed by atoms with E-state index in [-0.39, 0.29) is 6.61 Å². The lowest BCUT2D eigenvalue weighted by Crippen LogP contribution is -2.04. The Balaban J connectivity index is 2.17. The molecule has 2 rings (SSSR count). The third-order valence-electron chi connectivity index (χ3n) is 2.83. The number of hydrogen-bond acceptors (Lipinski definition) is 4. The van der Waals surface area contributed by atoms with Gasteiger partial charge in [0.15, 0.2) is 0 Å². The highest BCUT2D eigenvalue weighted by molar-refractivity contribution is 9.10. The smallest absolute Gasteiger partial charge is 0.337 e. The first-order chi connectivity index (χ1) is 10.0. The Bertz CT molecular complexity index is 676. The first-order valence-corrected chi connectivity index (χ1v) is 7.23. The summed E-state index contributed by atoms with van der Waals surface area (Å²) < 4.78 is 11.2. The summed E-state index contributed by atoms with van der Waals surface area (Å²) in [6.07, 6.45) is 0. The largest absolute Gasteiger partial charge is 0.487 e. The maximum atomic E-state index is 11.5. The average Bonchev–Trinajstić information content (AvgIpc) is 2.47. The second-order valence-corrected chi connectivity index (χ2v) is 5.59. The van der Waals surface area contributed by atoms with Crippen molar-refractivity contribution in [3.05, 3.63) is 57.0 Å². The van der Waals surface area contributed by atoms with E-state index in [0.29, 0.717) is 22.0 Å². The number of anilines is 1. The Morgan fingerprint density at radius 3 is 2.71 bits per heavy atom. The minimum absolute atomic E-state index is 0.251. The van der Waals surface area contributed by atoms with Crippen molar-refractivity contribution >= 4 is 39.2 Å². The molecule has 2 N–H and O–H groups in total. The summed E-state index contributed by atoms with van der Waals surface area (Å²) >= 11 is 9.46. The minimum Gasteiger partial charge on any atom is -0.487 e. The lowest BCUT2D eigenvalue weighted by molar-refractivity contribution is 0.0600. The Kier molecular flexibility index (Phi) is 5.09.